The van der Waals surface area contributed by atoms with Crippen LogP contribution in [0.25, 0.3) is 0 Å². The molecule has 1 aliphatic heterocycles. The van der Waals surface area contributed by atoms with Crippen molar-refractivity contribution in [3.63, 3.8) is 0 Å². The number of carbonyl (C=O) groups excluding carboxylic acids is 1. The molecule has 1 aliphatic rings. The topological polar surface area (TPSA) is 41.6 Å². The van der Waals surface area contributed by atoms with Crippen molar-refractivity contribution >= 4 is 18.5 Å². The molecule has 1 saturated heterocycles. The Morgan fingerprint density at radius 2 is 2.00 bits per heavy atom. The van der Waals surface area contributed by atoms with Gasteiger partial charge in [0, 0.05) is 25.4 Å². The van der Waals surface area contributed by atoms with Crippen molar-refractivity contribution in [1.29, 1.82) is 0 Å². The Morgan fingerprint density at radius 3 is 2.50 bits per heavy atom. The van der Waals surface area contributed by atoms with E-state index in [1.807, 2.05) is 0 Å². The molecule has 1 N–H and O–H groups in total. The molecule has 0 spiro atoms. The van der Waals surface area contributed by atoms with Crippen LogP contribution >= 0.6 is 12.6 Å². The van der Waals surface area contributed by atoms with Crippen LogP contribution in [0.2, 0.25) is 0 Å². The van der Waals surface area contributed by atoms with Crippen LogP contribution < -0.4 is 5.32 Å². The summed E-state index contributed by atoms with van der Waals surface area (Å²) in [6.45, 7) is 1.21. The fourth-order valence-electron chi connectivity index (χ4n) is 1.78. The highest BCUT2D eigenvalue weighted by molar-refractivity contribution is 7.80. The fourth-order valence-corrected chi connectivity index (χ4v) is 1.90. The van der Waals surface area contributed by atoms with Crippen molar-refractivity contribution in [1.82, 2.24) is 10.2 Å². The molecular formula is C10H17F3N2O2S. The Balaban J connectivity index is 2.58. The summed E-state index contributed by atoms with van der Waals surface area (Å²) in [5.74, 6) is -0.196. The number of morpholine rings is 1. The summed E-state index contributed by atoms with van der Waals surface area (Å²) in [6, 6.07) is -1.73. The van der Waals surface area contributed by atoms with Crippen LogP contribution in [0.4, 0.5) is 13.2 Å². The number of nitrogens with one attached hydrogen (secondary N) is 1. The maximum Gasteiger partial charge on any atom is 0.404 e. The van der Waals surface area contributed by atoms with Gasteiger partial charge >= 0.3 is 6.18 Å². The number of alkyl halides is 3. The molecule has 1 atom stereocenters. The van der Waals surface area contributed by atoms with Gasteiger partial charge in [0.25, 0.3) is 0 Å². The van der Waals surface area contributed by atoms with Gasteiger partial charge in [0.2, 0.25) is 5.91 Å². The van der Waals surface area contributed by atoms with Crippen molar-refractivity contribution in [2.45, 2.75) is 18.6 Å². The van der Waals surface area contributed by atoms with Gasteiger partial charge in [-0.15, -0.1) is 0 Å². The molecule has 4 nitrogen and oxygen atoms in total. The van der Waals surface area contributed by atoms with Gasteiger partial charge in [-0.3, -0.25) is 9.69 Å². The summed E-state index contributed by atoms with van der Waals surface area (Å²) in [5, 5.41) is 2.40. The number of hydrogen-bond donors (Lipinski definition) is 2. The smallest absolute Gasteiger partial charge is 0.379 e. The fraction of sp³-hybridized carbons (Fsp3) is 0.900. The molecule has 0 aliphatic carbocycles. The van der Waals surface area contributed by atoms with E-state index in [-0.39, 0.29) is 32.8 Å². The lowest BCUT2D eigenvalue weighted by atomic mass is 10.1. The number of nitrogens with zero attached hydrogens (tertiary/aromatic N) is 1. The molecule has 0 saturated carbocycles. The van der Waals surface area contributed by atoms with Crippen LogP contribution in [0.15, 0.2) is 0 Å². The van der Waals surface area contributed by atoms with Crippen LogP contribution in [0.3, 0.4) is 0 Å². The second kappa shape index (κ2) is 7.20. The normalized spacial score (nSPS) is 19.6. The highest BCUT2D eigenvalue weighted by Gasteiger charge is 2.44. The molecule has 0 bridgehead atoms. The number of hydrogen-bond acceptors (Lipinski definition) is 4. The molecule has 18 heavy (non-hydrogen) atoms. The molecule has 1 fully saturated rings. The zero-order valence-electron chi connectivity index (χ0n) is 9.87. The maximum absolute atomic E-state index is 12.9. The van der Waals surface area contributed by atoms with E-state index in [1.54, 1.807) is 0 Å². The summed E-state index contributed by atoms with van der Waals surface area (Å²) >= 11 is 3.88. The standard InChI is InChI=1S/C10H17F3N2O2S/c11-10(12,13)8(7-9(16)14-1-6-18)15-2-4-17-5-3-15/h8,18H,1-7H2,(H,14,16). The van der Waals surface area contributed by atoms with Crippen LogP contribution in [0, 0.1) is 0 Å². The Labute approximate surface area is 109 Å². The van der Waals surface area contributed by atoms with Gasteiger partial charge in [-0.25, -0.2) is 0 Å². The Morgan fingerprint density at radius 1 is 1.39 bits per heavy atom. The Kier molecular flexibility index (Phi) is 6.24. The highest BCUT2D eigenvalue weighted by Crippen LogP contribution is 2.27. The number of amides is 1. The molecule has 0 aromatic rings. The van der Waals surface area contributed by atoms with E-state index < -0.39 is 24.5 Å². The minimum absolute atomic E-state index is 0.198. The van der Waals surface area contributed by atoms with Gasteiger partial charge in [0.1, 0.15) is 6.04 Å². The molecular weight excluding hydrogens is 269 g/mol. The van der Waals surface area contributed by atoms with Gasteiger partial charge in [0.05, 0.1) is 19.6 Å². The van der Waals surface area contributed by atoms with E-state index in [1.165, 1.54) is 4.90 Å². The third-order valence-corrected chi connectivity index (χ3v) is 2.90. The molecule has 1 unspecified atom stereocenters. The lowest BCUT2D eigenvalue weighted by Crippen LogP contribution is -2.52. The van der Waals surface area contributed by atoms with Gasteiger partial charge < -0.3 is 10.1 Å². The SMILES string of the molecule is O=C(CC(N1CCOCC1)C(F)(F)F)NCCS. The maximum atomic E-state index is 12.9. The summed E-state index contributed by atoms with van der Waals surface area (Å²) in [6.07, 6.45) is -4.98. The van der Waals surface area contributed by atoms with Crippen molar-refractivity contribution in [2.75, 3.05) is 38.6 Å². The first-order valence-corrected chi connectivity index (χ1v) is 6.34. The third-order valence-electron chi connectivity index (χ3n) is 2.68. The lowest BCUT2D eigenvalue weighted by Gasteiger charge is -2.35. The second-order valence-corrected chi connectivity index (χ2v) is 4.43. The first-order chi connectivity index (χ1) is 8.45. The van der Waals surface area contributed by atoms with E-state index in [9.17, 15) is 18.0 Å². The van der Waals surface area contributed by atoms with Gasteiger partial charge in [0.15, 0.2) is 0 Å². The zero-order valence-corrected chi connectivity index (χ0v) is 10.8. The van der Waals surface area contributed by atoms with E-state index in [0.717, 1.165) is 0 Å². The van der Waals surface area contributed by atoms with Gasteiger partial charge in [-0.2, -0.15) is 25.8 Å². The van der Waals surface area contributed by atoms with E-state index >= 15 is 0 Å². The lowest BCUT2D eigenvalue weighted by molar-refractivity contribution is -0.194. The van der Waals surface area contributed by atoms with Crippen molar-refractivity contribution < 1.29 is 22.7 Å². The summed E-state index contributed by atoms with van der Waals surface area (Å²) in [7, 11) is 0. The number of rotatable bonds is 5. The predicted molar refractivity (Wildman–Crippen MR) is 63.7 cm³/mol. The van der Waals surface area contributed by atoms with Crippen LogP contribution in [0.5, 0.6) is 0 Å². The molecule has 1 heterocycles. The average Bonchev–Trinajstić information content (AvgIpc) is 2.33. The Hall–Kier alpha value is -0.470. The number of carbonyl (C=O) groups is 1. The van der Waals surface area contributed by atoms with Crippen molar-refractivity contribution in [3.8, 4) is 0 Å². The molecule has 1 rings (SSSR count). The van der Waals surface area contributed by atoms with Crippen LogP contribution in [0.1, 0.15) is 6.42 Å². The molecule has 1 amide bonds. The molecule has 8 heteroatoms. The van der Waals surface area contributed by atoms with Crippen molar-refractivity contribution in [2.24, 2.45) is 0 Å². The quantitative estimate of drug-likeness (QED) is 0.731. The van der Waals surface area contributed by atoms with E-state index in [4.69, 9.17) is 4.74 Å². The zero-order chi connectivity index (χ0) is 13.6. The molecule has 106 valence electrons. The average molecular weight is 286 g/mol. The monoisotopic (exact) mass is 286 g/mol. The van der Waals surface area contributed by atoms with Crippen LogP contribution in [-0.2, 0) is 9.53 Å². The Bertz CT molecular complexity index is 270. The largest absolute Gasteiger partial charge is 0.404 e. The molecule has 0 aromatic heterocycles. The first-order valence-electron chi connectivity index (χ1n) is 5.71. The van der Waals surface area contributed by atoms with E-state index in [0.29, 0.717) is 5.75 Å². The number of ether oxygens (including phenoxy) is 1. The van der Waals surface area contributed by atoms with Crippen molar-refractivity contribution in [3.05, 3.63) is 0 Å². The minimum Gasteiger partial charge on any atom is -0.379 e. The molecule has 0 aromatic carbocycles. The third kappa shape index (κ3) is 5.03. The summed E-state index contributed by atoms with van der Waals surface area (Å²) in [4.78, 5) is 12.7. The van der Waals surface area contributed by atoms with Crippen LogP contribution in [-0.4, -0.2) is 61.6 Å². The second-order valence-electron chi connectivity index (χ2n) is 3.98. The minimum atomic E-state index is -4.41. The highest BCUT2D eigenvalue weighted by atomic mass is 32.1. The number of halogens is 3. The summed E-state index contributed by atoms with van der Waals surface area (Å²) in [5.41, 5.74) is 0. The van der Waals surface area contributed by atoms with Gasteiger partial charge in [-0.05, 0) is 0 Å². The number of thiol groups is 1. The first kappa shape index (κ1) is 15.6. The molecule has 0 radical (unpaired) electrons. The van der Waals surface area contributed by atoms with Gasteiger partial charge in [-0.1, -0.05) is 0 Å². The predicted octanol–water partition coefficient (Wildman–Crippen LogP) is 0.686. The summed E-state index contributed by atoms with van der Waals surface area (Å²) < 4.78 is 43.7. The van der Waals surface area contributed by atoms with E-state index in [2.05, 4.69) is 17.9 Å².